The Kier molecular flexibility index (Phi) is 10.4. The molecular weight excluding hydrogens is 550 g/mol. The molecule has 0 aromatic heterocycles. The summed E-state index contributed by atoms with van der Waals surface area (Å²) in [6, 6.07) is 0. The lowest BCUT2D eigenvalue weighted by Crippen LogP contribution is -2.55. The second-order valence-corrected chi connectivity index (χ2v) is 13.3. The zero-order valence-corrected chi connectivity index (χ0v) is 24.1. The molecule has 10 heteroatoms. The van der Waals surface area contributed by atoms with Gasteiger partial charge in [0.2, 0.25) is 0 Å². The first kappa shape index (κ1) is 34.0. The molecule has 3 fully saturated rings. The maximum Gasteiger partial charge on any atom is 0.438 e. The number of hydrogen-bond donors (Lipinski definition) is 4. The highest BCUT2D eigenvalue weighted by Gasteiger charge is 2.70. The Labute approximate surface area is 238 Å². The van der Waals surface area contributed by atoms with E-state index >= 15 is 0 Å². The number of halogens is 6. The smallest absolute Gasteiger partial charge is 0.393 e. The standard InChI is InChI=1S/C31H44F6O4/c1-27(2,40)14-4-7-21(9-6-16-29(41,30(32,33)34)31(35,36)37)25-12-13-26-22(8-5-15-28(25,26)3)11-10-20-17-23(38)19-24(39)18-20/h10-11,21,23-26,38-41H,4-5,7-9,12-15,17-19H2,1-3H3/t21?,23-,24?,25-,26?,28-/m1/s1. The second-order valence-electron chi connectivity index (χ2n) is 13.3. The van der Waals surface area contributed by atoms with Crippen molar-refractivity contribution >= 4 is 0 Å². The minimum atomic E-state index is -5.99. The van der Waals surface area contributed by atoms with E-state index in [0.29, 0.717) is 38.5 Å². The predicted octanol–water partition coefficient (Wildman–Crippen LogP) is 6.77. The number of hydrogen-bond acceptors (Lipinski definition) is 4. The van der Waals surface area contributed by atoms with Gasteiger partial charge in [-0.1, -0.05) is 42.6 Å². The van der Waals surface area contributed by atoms with Crippen LogP contribution in [-0.4, -0.2) is 56.2 Å². The molecule has 0 saturated heterocycles. The van der Waals surface area contributed by atoms with E-state index in [2.05, 4.69) is 18.9 Å². The molecule has 6 atom stereocenters. The molecule has 3 aliphatic rings. The molecule has 3 aliphatic carbocycles. The number of allylic oxidation sites excluding steroid dienone is 3. The summed E-state index contributed by atoms with van der Waals surface area (Å²) in [6.07, 6.45) is -2.19. The molecule has 3 saturated carbocycles. The highest BCUT2D eigenvalue weighted by atomic mass is 19.4. The molecular formula is C31H44F6O4. The topological polar surface area (TPSA) is 80.9 Å². The molecule has 4 N–H and O–H groups in total. The number of rotatable bonds is 7. The van der Waals surface area contributed by atoms with Crippen LogP contribution in [0.2, 0.25) is 0 Å². The molecule has 4 nitrogen and oxygen atoms in total. The van der Waals surface area contributed by atoms with Gasteiger partial charge in [-0.25, -0.2) is 0 Å². The normalized spacial score (nSPS) is 32.5. The van der Waals surface area contributed by atoms with Crippen LogP contribution in [0.15, 0.2) is 23.3 Å². The lowest BCUT2D eigenvalue weighted by Gasteiger charge is -2.45. The van der Waals surface area contributed by atoms with Gasteiger partial charge in [0.1, 0.15) is 0 Å². The lowest BCUT2D eigenvalue weighted by molar-refractivity contribution is -0.343. The monoisotopic (exact) mass is 594 g/mol. The quantitative estimate of drug-likeness (QED) is 0.194. The maximum atomic E-state index is 13.2. The summed E-state index contributed by atoms with van der Waals surface area (Å²) in [5, 5.41) is 39.7. The van der Waals surface area contributed by atoms with Crippen molar-refractivity contribution in [2.75, 3.05) is 0 Å². The van der Waals surface area contributed by atoms with E-state index in [4.69, 9.17) is 0 Å². The van der Waals surface area contributed by atoms with Gasteiger partial charge in [0.05, 0.1) is 17.8 Å². The Morgan fingerprint density at radius 3 is 2.15 bits per heavy atom. The summed E-state index contributed by atoms with van der Waals surface area (Å²) < 4.78 is 79.2. The van der Waals surface area contributed by atoms with Gasteiger partial charge < -0.3 is 20.4 Å². The minimum absolute atomic E-state index is 0.00292. The van der Waals surface area contributed by atoms with Gasteiger partial charge in [-0.3, -0.25) is 0 Å². The molecule has 234 valence electrons. The van der Waals surface area contributed by atoms with E-state index in [0.717, 1.165) is 43.6 Å². The summed E-state index contributed by atoms with van der Waals surface area (Å²) in [5.41, 5.74) is -4.05. The SMILES string of the molecule is CC(C)(O)CCCC(CC#CC(O)(C(F)(F)F)C(F)(F)F)[C@H]1CCC2C(=CC=C3CC(O)C[C@H](O)C3)CCC[C@@]21C. The van der Waals surface area contributed by atoms with E-state index in [1.165, 1.54) is 5.57 Å². The van der Waals surface area contributed by atoms with E-state index in [1.54, 1.807) is 13.8 Å². The number of alkyl halides is 6. The van der Waals surface area contributed by atoms with Crippen molar-refractivity contribution in [2.24, 2.45) is 23.2 Å². The Morgan fingerprint density at radius 1 is 0.976 bits per heavy atom. The number of fused-ring (bicyclic) bond motifs is 1. The summed E-state index contributed by atoms with van der Waals surface area (Å²) in [7, 11) is 0. The van der Waals surface area contributed by atoms with Crippen LogP contribution in [0.5, 0.6) is 0 Å². The Bertz CT molecular complexity index is 1000. The Hall–Kier alpha value is -1.54. The van der Waals surface area contributed by atoms with Gasteiger partial charge in [-0.2, -0.15) is 26.3 Å². The van der Waals surface area contributed by atoms with Crippen LogP contribution in [0.25, 0.3) is 0 Å². The summed E-state index contributed by atoms with van der Waals surface area (Å²) in [5.74, 6) is 3.13. The Balaban J connectivity index is 1.87. The predicted molar refractivity (Wildman–Crippen MR) is 143 cm³/mol. The second kappa shape index (κ2) is 12.6. The first-order chi connectivity index (χ1) is 18.8. The van der Waals surface area contributed by atoms with Gasteiger partial charge in [-0.15, -0.1) is 0 Å². The molecule has 41 heavy (non-hydrogen) atoms. The van der Waals surface area contributed by atoms with Crippen molar-refractivity contribution in [3.63, 3.8) is 0 Å². The molecule has 0 radical (unpaired) electrons. The van der Waals surface area contributed by atoms with E-state index < -0.39 is 35.8 Å². The summed E-state index contributed by atoms with van der Waals surface area (Å²) in [4.78, 5) is 0. The van der Waals surface area contributed by atoms with Crippen LogP contribution in [0.4, 0.5) is 26.3 Å². The molecule has 0 amide bonds. The van der Waals surface area contributed by atoms with Crippen LogP contribution < -0.4 is 0 Å². The first-order valence-electron chi connectivity index (χ1n) is 14.6. The molecule has 0 aliphatic heterocycles. The number of aliphatic hydroxyl groups excluding tert-OH is 2. The first-order valence-corrected chi connectivity index (χ1v) is 14.6. The fourth-order valence-corrected chi connectivity index (χ4v) is 7.44. The minimum Gasteiger partial charge on any atom is -0.393 e. The molecule has 0 aromatic carbocycles. The fourth-order valence-electron chi connectivity index (χ4n) is 7.44. The average Bonchev–Trinajstić information content (AvgIpc) is 3.16. The third-order valence-electron chi connectivity index (χ3n) is 9.50. The van der Waals surface area contributed by atoms with Crippen LogP contribution >= 0.6 is 0 Å². The van der Waals surface area contributed by atoms with Crippen LogP contribution in [-0.2, 0) is 0 Å². The van der Waals surface area contributed by atoms with Crippen molar-refractivity contribution in [1.29, 1.82) is 0 Å². The zero-order chi connectivity index (χ0) is 30.9. The third-order valence-corrected chi connectivity index (χ3v) is 9.50. The van der Waals surface area contributed by atoms with E-state index in [-0.39, 0.29) is 29.6 Å². The highest BCUT2D eigenvalue weighted by Crippen LogP contribution is 2.60. The molecule has 3 unspecified atom stereocenters. The van der Waals surface area contributed by atoms with Gasteiger partial charge in [0.25, 0.3) is 0 Å². The van der Waals surface area contributed by atoms with Crippen molar-refractivity contribution in [1.82, 2.24) is 0 Å². The van der Waals surface area contributed by atoms with Crippen LogP contribution in [0.1, 0.15) is 97.8 Å². The summed E-state index contributed by atoms with van der Waals surface area (Å²) in [6.45, 7) is 5.46. The van der Waals surface area contributed by atoms with Crippen molar-refractivity contribution in [3.8, 4) is 11.8 Å². The molecule has 0 spiro atoms. The maximum absolute atomic E-state index is 13.2. The molecule has 3 rings (SSSR count). The van der Waals surface area contributed by atoms with Gasteiger partial charge in [-0.05, 0) is 107 Å². The van der Waals surface area contributed by atoms with Gasteiger partial charge >= 0.3 is 18.0 Å². The molecule has 0 heterocycles. The van der Waals surface area contributed by atoms with E-state index in [1.807, 2.05) is 6.08 Å². The Morgan fingerprint density at radius 2 is 1.59 bits per heavy atom. The lowest BCUT2D eigenvalue weighted by atomic mass is 9.60. The van der Waals surface area contributed by atoms with Crippen LogP contribution in [0.3, 0.4) is 0 Å². The fraction of sp³-hybridized carbons (Fsp3) is 0.806. The van der Waals surface area contributed by atoms with Gasteiger partial charge in [0, 0.05) is 6.42 Å². The number of aliphatic hydroxyl groups is 4. The third kappa shape index (κ3) is 8.10. The van der Waals surface area contributed by atoms with Crippen molar-refractivity contribution in [2.45, 2.75) is 134 Å². The summed E-state index contributed by atoms with van der Waals surface area (Å²) >= 11 is 0. The largest absolute Gasteiger partial charge is 0.438 e. The zero-order valence-electron chi connectivity index (χ0n) is 24.1. The highest BCUT2D eigenvalue weighted by molar-refractivity contribution is 5.27. The van der Waals surface area contributed by atoms with Crippen molar-refractivity contribution in [3.05, 3.63) is 23.3 Å². The van der Waals surface area contributed by atoms with E-state index in [9.17, 15) is 46.8 Å². The molecule has 0 aromatic rings. The van der Waals surface area contributed by atoms with Crippen molar-refractivity contribution < 1.29 is 46.8 Å². The van der Waals surface area contributed by atoms with Crippen LogP contribution in [0, 0.1) is 35.0 Å². The molecule has 0 bridgehead atoms. The average molecular weight is 595 g/mol. The van der Waals surface area contributed by atoms with Gasteiger partial charge in [0.15, 0.2) is 0 Å².